The molecule has 0 saturated heterocycles. The minimum absolute atomic E-state index is 0.0461. The molecule has 1 heterocycles. The molecule has 27 heteroatoms. The summed E-state index contributed by atoms with van der Waals surface area (Å²) < 4.78 is 6.58. The fourth-order valence-electron chi connectivity index (χ4n) is 6.47. The molecule has 2 rings (SSSR count). The van der Waals surface area contributed by atoms with E-state index in [1.54, 1.807) is 30.3 Å². The van der Waals surface area contributed by atoms with Gasteiger partial charge in [-0.1, -0.05) is 30.3 Å². The van der Waals surface area contributed by atoms with Gasteiger partial charge in [-0.15, -0.1) is 0 Å². The minimum Gasteiger partial charge on any atom is -0.480 e. The molecule has 0 aliphatic rings. The molecule has 386 valence electrons. The zero-order valence-corrected chi connectivity index (χ0v) is 39.3. The molecular formula is C42H65N9O18. The van der Waals surface area contributed by atoms with E-state index in [0.717, 1.165) is 53.7 Å². The number of methoxy groups -OCH3 is 1. The van der Waals surface area contributed by atoms with Gasteiger partial charge < -0.3 is 92.1 Å². The molecule has 0 aliphatic heterocycles. The molecule has 0 saturated carbocycles. The van der Waals surface area contributed by atoms with Gasteiger partial charge in [0.15, 0.2) is 18.2 Å². The van der Waals surface area contributed by atoms with Gasteiger partial charge in [0.25, 0.3) is 11.8 Å². The number of imidazole rings is 1. The normalized spacial score (nSPS) is 16.6. The molecule has 0 radical (unpaired) electrons. The fourth-order valence-corrected chi connectivity index (χ4v) is 6.47. The van der Waals surface area contributed by atoms with Crippen LogP contribution in [0.1, 0.15) is 52.0 Å². The maximum absolute atomic E-state index is 13.8. The largest absolute Gasteiger partial charge is 0.480 e. The molecule has 27 nitrogen and oxygen atoms in total. The lowest BCUT2D eigenvalue weighted by Crippen LogP contribution is -2.64. The second-order valence-corrected chi connectivity index (χ2v) is 17.2. The van der Waals surface area contributed by atoms with Crippen LogP contribution in [0.15, 0.2) is 42.9 Å². The van der Waals surface area contributed by atoms with E-state index in [1.807, 2.05) is 5.32 Å². The fraction of sp³-hybridized carbons (Fsp3) is 0.595. The molecule has 15 N–H and O–H groups in total. The third kappa shape index (κ3) is 17.1. The van der Waals surface area contributed by atoms with Crippen molar-refractivity contribution in [1.82, 2.24) is 46.4 Å². The first kappa shape index (κ1) is 59.0. The van der Waals surface area contributed by atoms with E-state index < -0.39 is 145 Å². The van der Waals surface area contributed by atoms with E-state index in [9.17, 15) is 84.3 Å². The van der Waals surface area contributed by atoms with Gasteiger partial charge in [-0.05, 0) is 40.2 Å². The quantitative estimate of drug-likeness (QED) is 0.0395. The molecule has 0 spiro atoms. The Hall–Kier alpha value is -6.17. The first-order valence-corrected chi connectivity index (χ1v) is 21.2. The van der Waals surface area contributed by atoms with Crippen molar-refractivity contribution in [2.75, 3.05) is 33.9 Å². The number of carboxylic acids is 1. The number of nitrogens with zero attached hydrogens (tertiary/aromatic N) is 3. The van der Waals surface area contributed by atoms with Crippen molar-refractivity contribution >= 4 is 47.3 Å². The number of hydrogen-bond donors (Lipinski definition) is 15. The summed E-state index contributed by atoms with van der Waals surface area (Å²) in [6, 6.07) is -0.788. The number of carboxylic acid groups (broad SMARTS) is 1. The summed E-state index contributed by atoms with van der Waals surface area (Å²) in [5.74, 6) is -9.77. The molecule has 1 aromatic carbocycles. The standard InChI is InChI=1S/C42H65N9O18/c1-20(53)28(55)37(62)48-27(29(56)24-15-43-19-50(24)6)36(61)44-16-25(69-8)30(57)31(58)39(64)51(7)23(14-21-12-10-9-11-13-21)35(60)45-17-26(54)47-32(41(2,3)67)38(63)46-22(18-52)34(59)49-33(40(65)66)42(4,5)68/h9-13,15,19-20,22-23,25,27-33,52-53,55-58,67-68H,14,16-18H2,1-8H3,(H,44,61)(H,45,60)(H,46,63)(H,47,54)(H,48,62)(H,49,59)(H,65,66)/t20-,22-,23-,25-,27+,28+,29+,30-,31-,32+,33+/m0/s1. The molecule has 1 aromatic heterocycles. The van der Waals surface area contributed by atoms with Crippen molar-refractivity contribution in [3.05, 3.63) is 54.1 Å². The van der Waals surface area contributed by atoms with Crippen molar-refractivity contribution in [1.29, 1.82) is 0 Å². The maximum atomic E-state index is 13.8. The Balaban J connectivity index is 2.26. The van der Waals surface area contributed by atoms with Crippen LogP contribution in [0.25, 0.3) is 0 Å². The Morgan fingerprint density at radius 3 is 1.87 bits per heavy atom. The Morgan fingerprint density at radius 1 is 0.783 bits per heavy atom. The molecule has 7 amide bonds. The predicted octanol–water partition coefficient (Wildman–Crippen LogP) is -7.21. The summed E-state index contributed by atoms with van der Waals surface area (Å²) in [4.78, 5) is 109. The topological polar surface area (TPSA) is 421 Å². The van der Waals surface area contributed by atoms with Crippen LogP contribution in [-0.2, 0) is 56.6 Å². The van der Waals surface area contributed by atoms with Crippen LogP contribution in [0.5, 0.6) is 0 Å². The number of hydrogen-bond acceptors (Lipinski definition) is 18. The highest BCUT2D eigenvalue weighted by Gasteiger charge is 2.42. The van der Waals surface area contributed by atoms with Crippen LogP contribution in [-0.4, -0.2) is 214 Å². The van der Waals surface area contributed by atoms with E-state index in [1.165, 1.54) is 24.1 Å². The van der Waals surface area contributed by atoms with Gasteiger partial charge in [-0.2, -0.15) is 0 Å². The zero-order chi connectivity index (χ0) is 52.7. The van der Waals surface area contributed by atoms with Crippen LogP contribution < -0.4 is 31.9 Å². The SMILES string of the molecule is CO[C@@H](CNC(=O)[C@H](NC(=O)[C@H](O)[C@H](C)O)[C@H](O)c1cncn1C)[C@H](O)[C@H](O)C(=O)N(C)[C@@H](Cc1ccccc1)C(=O)NCC(=O)N[C@H](C(=O)N[C@@H](CO)C(=O)N[C@H](C(=O)O)C(C)(C)O)C(C)(C)O. The Kier molecular flexibility index (Phi) is 22.2. The predicted molar refractivity (Wildman–Crippen MR) is 236 cm³/mol. The summed E-state index contributed by atoms with van der Waals surface area (Å²) in [6.07, 6.45) is -9.11. The first-order valence-electron chi connectivity index (χ1n) is 21.2. The summed E-state index contributed by atoms with van der Waals surface area (Å²) in [6.45, 7) is 2.86. The van der Waals surface area contributed by atoms with Gasteiger partial charge >= 0.3 is 5.97 Å². The van der Waals surface area contributed by atoms with Gasteiger partial charge in [-0.25, -0.2) is 9.78 Å². The highest BCUT2D eigenvalue weighted by Crippen LogP contribution is 2.18. The van der Waals surface area contributed by atoms with E-state index in [2.05, 4.69) is 31.6 Å². The molecule has 0 aliphatic carbocycles. The number of aryl methyl sites for hydroxylation is 1. The van der Waals surface area contributed by atoms with E-state index in [-0.39, 0.29) is 12.1 Å². The number of aliphatic hydroxyl groups excluding tert-OH is 6. The number of ether oxygens (including phenoxy) is 1. The monoisotopic (exact) mass is 983 g/mol. The van der Waals surface area contributed by atoms with Crippen molar-refractivity contribution in [3.63, 3.8) is 0 Å². The van der Waals surface area contributed by atoms with Gasteiger partial charge in [0.05, 0.1) is 48.7 Å². The average Bonchev–Trinajstić information content (AvgIpc) is 3.72. The number of rotatable bonds is 27. The van der Waals surface area contributed by atoms with E-state index in [4.69, 9.17) is 4.74 Å². The summed E-state index contributed by atoms with van der Waals surface area (Å²) in [7, 11) is 3.65. The Labute approximate surface area is 396 Å². The molecule has 69 heavy (non-hydrogen) atoms. The van der Waals surface area contributed by atoms with Crippen molar-refractivity contribution in [3.8, 4) is 0 Å². The summed E-state index contributed by atoms with van der Waals surface area (Å²) in [5.41, 5.74) is -3.51. The van der Waals surface area contributed by atoms with E-state index in [0.29, 0.717) is 5.56 Å². The number of benzene rings is 1. The van der Waals surface area contributed by atoms with Gasteiger partial charge in [0.2, 0.25) is 29.5 Å². The van der Waals surface area contributed by atoms with Crippen LogP contribution in [0.4, 0.5) is 0 Å². The number of aromatic nitrogens is 2. The summed E-state index contributed by atoms with van der Waals surface area (Å²) >= 11 is 0. The van der Waals surface area contributed by atoms with Crippen LogP contribution in [0.3, 0.4) is 0 Å². The lowest BCUT2D eigenvalue weighted by Gasteiger charge is -2.33. The zero-order valence-electron chi connectivity index (χ0n) is 39.3. The summed E-state index contributed by atoms with van der Waals surface area (Å²) in [5, 5.41) is 106. The maximum Gasteiger partial charge on any atom is 0.329 e. The van der Waals surface area contributed by atoms with Crippen molar-refractivity contribution < 1.29 is 89.1 Å². The molecule has 11 atom stereocenters. The minimum atomic E-state index is -2.34. The highest BCUT2D eigenvalue weighted by molar-refractivity contribution is 5.96. The number of carbonyl (C=O) groups excluding carboxylic acids is 7. The first-order chi connectivity index (χ1) is 32.0. The number of aliphatic hydroxyl groups is 8. The number of amides is 7. The lowest BCUT2D eigenvalue weighted by molar-refractivity contribution is -0.156. The number of carbonyl (C=O) groups is 8. The third-order valence-corrected chi connectivity index (χ3v) is 10.7. The van der Waals surface area contributed by atoms with Gasteiger partial charge in [0, 0.05) is 34.2 Å². The van der Waals surface area contributed by atoms with Crippen LogP contribution in [0.2, 0.25) is 0 Å². The van der Waals surface area contributed by atoms with Gasteiger partial charge in [0.1, 0.15) is 42.5 Å². The highest BCUT2D eigenvalue weighted by atomic mass is 16.5. The van der Waals surface area contributed by atoms with Crippen molar-refractivity contribution in [2.24, 2.45) is 7.05 Å². The number of nitrogens with one attached hydrogen (secondary N) is 6. The smallest absolute Gasteiger partial charge is 0.329 e. The lowest BCUT2D eigenvalue weighted by atomic mass is 9.97. The Bertz CT molecular complexity index is 2080. The molecular weight excluding hydrogens is 919 g/mol. The number of likely N-dealkylation sites (N-methyl/N-ethyl adjacent to an activating group) is 1. The molecule has 0 unspecified atom stereocenters. The van der Waals surface area contributed by atoms with Crippen LogP contribution in [0, 0.1) is 0 Å². The number of aliphatic carboxylic acids is 1. The molecule has 0 bridgehead atoms. The Morgan fingerprint density at radius 2 is 1.38 bits per heavy atom. The third-order valence-electron chi connectivity index (χ3n) is 10.7. The van der Waals surface area contributed by atoms with Crippen LogP contribution >= 0.6 is 0 Å². The molecule has 2 aromatic rings. The second-order valence-electron chi connectivity index (χ2n) is 17.2. The van der Waals surface area contributed by atoms with Crippen molar-refractivity contribution in [2.45, 2.75) is 119 Å². The van der Waals surface area contributed by atoms with E-state index >= 15 is 0 Å². The second kappa shape index (κ2) is 26.0. The van der Waals surface area contributed by atoms with Gasteiger partial charge in [-0.3, -0.25) is 33.6 Å². The molecule has 0 fully saturated rings. The average molecular weight is 984 g/mol.